The molecular formula is C15H21ClN2O. The van der Waals surface area contributed by atoms with Crippen LogP contribution in [0.4, 0.5) is 5.69 Å². The SMILES string of the molecule is Cc1nc(Cl)ccc1NC(=O)CC1CCCCCC1. The smallest absolute Gasteiger partial charge is 0.224 e. The number of carbonyl (C=O) groups is 1. The first-order valence-corrected chi connectivity index (χ1v) is 7.46. The maximum Gasteiger partial charge on any atom is 0.224 e. The largest absolute Gasteiger partial charge is 0.324 e. The van der Waals surface area contributed by atoms with Gasteiger partial charge < -0.3 is 5.32 Å². The van der Waals surface area contributed by atoms with Crippen LogP contribution in [0, 0.1) is 12.8 Å². The van der Waals surface area contributed by atoms with Crippen LogP contribution >= 0.6 is 11.6 Å². The first-order valence-electron chi connectivity index (χ1n) is 7.08. The van der Waals surface area contributed by atoms with Crippen molar-refractivity contribution in [2.75, 3.05) is 5.32 Å². The normalized spacial score (nSPS) is 16.9. The third kappa shape index (κ3) is 4.50. The van der Waals surface area contributed by atoms with E-state index in [1.54, 1.807) is 6.07 Å². The van der Waals surface area contributed by atoms with Crippen LogP contribution in [0.3, 0.4) is 0 Å². The molecule has 104 valence electrons. The van der Waals surface area contributed by atoms with Gasteiger partial charge in [-0.1, -0.05) is 37.3 Å². The number of hydrogen-bond donors (Lipinski definition) is 1. The van der Waals surface area contributed by atoms with Gasteiger partial charge in [0.2, 0.25) is 5.91 Å². The molecule has 0 saturated heterocycles. The molecule has 19 heavy (non-hydrogen) atoms. The van der Waals surface area contributed by atoms with Gasteiger partial charge in [-0.25, -0.2) is 4.98 Å². The van der Waals surface area contributed by atoms with Gasteiger partial charge in [0.05, 0.1) is 11.4 Å². The van der Waals surface area contributed by atoms with E-state index >= 15 is 0 Å². The summed E-state index contributed by atoms with van der Waals surface area (Å²) in [6, 6.07) is 3.52. The van der Waals surface area contributed by atoms with Crippen LogP contribution in [0.2, 0.25) is 5.15 Å². The Morgan fingerprint density at radius 2 is 2.00 bits per heavy atom. The molecule has 4 heteroatoms. The Bertz CT molecular complexity index is 440. The van der Waals surface area contributed by atoms with Gasteiger partial charge in [0, 0.05) is 6.42 Å². The lowest BCUT2D eigenvalue weighted by Gasteiger charge is -2.14. The fourth-order valence-corrected chi connectivity index (χ4v) is 2.88. The first-order chi connectivity index (χ1) is 9.15. The molecule has 1 N–H and O–H groups in total. The van der Waals surface area contributed by atoms with Gasteiger partial charge in [-0.3, -0.25) is 4.79 Å². The summed E-state index contributed by atoms with van der Waals surface area (Å²) in [4.78, 5) is 16.2. The second-order valence-corrected chi connectivity index (χ2v) is 5.76. The molecule has 1 saturated carbocycles. The molecule has 1 heterocycles. The second kappa shape index (κ2) is 6.90. The minimum atomic E-state index is 0.0964. The number of rotatable bonds is 3. The summed E-state index contributed by atoms with van der Waals surface area (Å²) in [6.45, 7) is 1.85. The van der Waals surface area contributed by atoms with Crippen molar-refractivity contribution in [1.29, 1.82) is 0 Å². The lowest BCUT2D eigenvalue weighted by Crippen LogP contribution is -2.17. The molecule has 1 aromatic rings. The molecule has 1 fully saturated rings. The monoisotopic (exact) mass is 280 g/mol. The van der Waals surface area contributed by atoms with E-state index in [1.165, 1.54) is 38.5 Å². The number of carbonyl (C=O) groups excluding carboxylic acids is 1. The predicted molar refractivity (Wildman–Crippen MR) is 78.4 cm³/mol. The van der Waals surface area contributed by atoms with Gasteiger partial charge in [0.25, 0.3) is 0 Å². The Labute approximate surface area is 119 Å². The van der Waals surface area contributed by atoms with Gasteiger partial charge >= 0.3 is 0 Å². The number of halogens is 1. The van der Waals surface area contributed by atoms with E-state index in [2.05, 4.69) is 10.3 Å². The van der Waals surface area contributed by atoms with E-state index < -0.39 is 0 Å². The summed E-state index contributed by atoms with van der Waals surface area (Å²) >= 11 is 5.80. The number of aryl methyl sites for hydroxylation is 1. The Kier molecular flexibility index (Phi) is 5.20. The lowest BCUT2D eigenvalue weighted by molar-refractivity contribution is -0.117. The van der Waals surface area contributed by atoms with Crippen LogP contribution in [0.1, 0.15) is 50.6 Å². The highest BCUT2D eigenvalue weighted by Gasteiger charge is 2.16. The molecule has 0 unspecified atom stereocenters. The number of hydrogen-bond acceptors (Lipinski definition) is 2. The van der Waals surface area contributed by atoms with E-state index in [9.17, 15) is 4.79 Å². The average molecular weight is 281 g/mol. The molecule has 0 radical (unpaired) electrons. The van der Waals surface area contributed by atoms with E-state index in [0.717, 1.165) is 11.4 Å². The van der Waals surface area contributed by atoms with Crippen LogP contribution < -0.4 is 5.32 Å². The summed E-state index contributed by atoms with van der Waals surface area (Å²) < 4.78 is 0. The number of amides is 1. The predicted octanol–water partition coefficient (Wildman–Crippen LogP) is 4.34. The minimum absolute atomic E-state index is 0.0964. The van der Waals surface area contributed by atoms with E-state index in [0.29, 0.717) is 17.5 Å². The lowest BCUT2D eigenvalue weighted by atomic mass is 9.96. The molecular weight excluding hydrogens is 260 g/mol. The van der Waals surface area contributed by atoms with Crippen LogP contribution in [0.25, 0.3) is 0 Å². The van der Waals surface area contributed by atoms with Gasteiger partial charge in [-0.2, -0.15) is 0 Å². The molecule has 1 aliphatic carbocycles. The summed E-state index contributed by atoms with van der Waals surface area (Å²) in [5.41, 5.74) is 1.53. The Balaban J connectivity index is 1.89. The van der Waals surface area contributed by atoms with Crippen molar-refractivity contribution in [3.8, 4) is 0 Å². The zero-order valence-electron chi connectivity index (χ0n) is 11.4. The molecule has 1 amide bonds. The standard InChI is InChI=1S/C15H21ClN2O/c1-11-13(8-9-14(16)17-11)18-15(19)10-12-6-4-2-3-5-7-12/h8-9,12H,2-7,10H2,1H3,(H,18,19). The molecule has 0 aliphatic heterocycles. The molecule has 0 bridgehead atoms. The molecule has 0 aromatic carbocycles. The molecule has 3 nitrogen and oxygen atoms in total. The number of nitrogens with zero attached hydrogens (tertiary/aromatic N) is 1. The zero-order chi connectivity index (χ0) is 13.7. The fraction of sp³-hybridized carbons (Fsp3) is 0.600. The van der Waals surface area contributed by atoms with Crippen molar-refractivity contribution >= 4 is 23.2 Å². The molecule has 0 atom stereocenters. The van der Waals surface area contributed by atoms with Crippen molar-refractivity contribution in [2.24, 2.45) is 5.92 Å². The second-order valence-electron chi connectivity index (χ2n) is 5.38. The summed E-state index contributed by atoms with van der Waals surface area (Å²) in [7, 11) is 0. The summed E-state index contributed by atoms with van der Waals surface area (Å²) in [6.07, 6.45) is 8.16. The Hall–Kier alpha value is -1.09. The van der Waals surface area contributed by atoms with Gasteiger partial charge in [-0.15, -0.1) is 0 Å². The fourth-order valence-electron chi connectivity index (χ4n) is 2.69. The number of aromatic nitrogens is 1. The highest BCUT2D eigenvalue weighted by atomic mass is 35.5. The van der Waals surface area contributed by atoms with Crippen LogP contribution in [0.15, 0.2) is 12.1 Å². The average Bonchev–Trinajstić information content (AvgIpc) is 2.61. The highest BCUT2D eigenvalue weighted by molar-refractivity contribution is 6.29. The maximum absolute atomic E-state index is 12.1. The highest BCUT2D eigenvalue weighted by Crippen LogP contribution is 2.26. The van der Waals surface area contributed by atoms with Crippen LogP contribution in [-0.2, 0) is 4.79 Å². The van der Waals surface area contributed by atoms with E-state index in [1.807, 2.05) is 13.0 Å². The van der Waals surface area contributed by atoms with Crippen molar-refractivity contribution in [3.05, 3.63) is 23.0 Å². The van der Waals surface area contributed by atoms with Crippen molar-refractivity contribution in [1.82, 2.24) is 4.98 Å². The maximum atomic E-state index is 12.1. The van der Waals surface area contributed by atoms with Gasteiger partial charge in [0.1, 0.15) is 5.15 Å². The minimum Gasteiger partial charge on any atom is -0.324 e. The molecule has 2 rings (SSSR count). The topological polar surface area (TPSA) is 42.0 Å². The van der Waals surface area contributed by atoms with Gasteiger partial charge in [-0.05, 0) is 37.8 Å². The van der Waals surface area contributed by atoms with Crippen molar-refractivity contribution < 1.29 is 4.79 Å². The molecule has 0 spiro atoms. The summed E-state index contributed by atoms with van der Waals surface area (Å²) in [5.74, 6) is 0.641. The quantitative estimate of drug-likeness (QED) is 0.661. The molecule has 1 aliphatic rings. The van der Waals surface area contributed by atoms with E-state index in [-0.39, 0.29) is 5.91 Å². The van der Waals surface area contributed by atoms with Crippen molar-refractivity contribution in [2.45, 2.75) is 51.9 Å². The Morgan fingerprint density at radius 3 is 2.63 bits per heavy atom. The number of nitrogens with one attached hydrogen (secondary N) is 1. The third-order valence-corrected chi connectivity index (χ3v) is 3.99. The van der Waals surface area contributed by atoms with Crippen LogP contribution in [-0.4, -0.2) is 10.9 Å². The Morgan fingerprint density at radius 1 is 1.32 bits per heavy atom. The molecule has 1 aromatic heterocycles. The van der Waals surface area contributed by atoms with Crippen LogP contribution in [0.5, 0.6) is 0 Å². The first kappa shape index (κ1) is 14.3. The summed E-state index contributed by atoms with van der Waals surface area (Å²) in [5, 5.41) is 3.40. The number of anilines is 1. The van der Waals surface area contributed by atoms with Gasteiger partial charge in [0.15, 0.2) is 0 Å². The van der Waals surface area contributed by atoms with E-state index in [4.69, 9.17) is 11.6 Å². The zero-order valence-corrected chi connectivity index (χ0v) is 12.2. The third-order valence-electron chi connectivity index (χ3n) is 3.77. The number of pyridine rings is 1. The van der Waals surface area contributed by atoms with Crippen molar-refractivity contribution in [3.63, 3.8) is 0 Å².